The summed E-state index contributed by atoms with van der Waals surface area (Å²) in [5.41, 5.74) is 2.10. The molecule has 0 spiro atoms. The van der Waals surface area contributed by atoms with Crippen molar-refractivity contribution >= 4 is 21.8 Å². The summed E-state index contributed by atoms with van der Waals surface area (Å²) in [5.74, 6) is 0.0519. The minimum Gasteiger partial charge on any atom is -0.305 e. The predicted octanol–water partition coefficient (Wildman–Crippen LogP) is 2.86. The number of nitrogens with zero attached hydrogens (tertiary/aromatic N) is 1. The van der Waals surface area contributed by atoms with E-state index in [1.54, 1.807) is 11.0 Å². The van der Waals surface area contributed by atoms with Crippen LogP contribution in [0, 0.1) is 0 Å². The lowest BCUT2D eigenvalue weighted by Gasteiger charge is -2.18. The third-order valence-corrected chi connectivity index (χ3v) is 2.77. The number of rotatable bonds is 3. The average Bonchev–Trinajstić information content (AvgIpc) is 2.64. The van der Waals surface area contributed by atoms with Crippen molar-refractivity contribution in [2.24, 2.45) is 0 Å². The molecule has 1 aromatic carbocycles. The second-order valence-corrected chi connectivity index (χ2v) is 4.17. The van der Waals surface area contributed by atoms with Gasteiger partial charge in [-0.2, -0.15) is 0 Å². The zero-order valence-corrected chi connectivity index (χ0v) is 10.4. The minimum absolute atomic E-state index is 0.0519. The van der Waals surface area contributed by atoms with Crippen LogP contribution in [0.1, 0.15) is 5.56 Å². The van der Waals surface area contributed by atoms with Gasteiger partial charge in [0.25, 0.3) is 5.91 Å². The Morgan fingerprint density at radius 3 is 2.62 bits per heavy atom. The van der Waals surface area contributed by atoms with Crippen LogP contribution in [0.3, 0.4) is 0 Å². The number of halogens is 1. The van der Waals surface area contributed by atoms with Crippen LogP contribution in [-0.2, 0) is 11.3 Å². The summed E-state index contributed by atoms with van der Waals surface area (Å²) in [6.07, 6.45) is 5.45. The molecule has 0 bridgehead atoms. The minimum atomic E-state index is 0.0519. The first-order valence-electron chi connectivity index (χ1n) is 5.11. The number of carbonyl (C=O) groups is 1. The molecule has 0 saturated carbocycles. The Kier molecular flexibility index (Phi) is 3.57. The van der Waals surface area contributed by atoms with Gasteiger partial charge < -0.3 is 4.90 Å². The lowest BCUT2D eigenvalue weighted by Crippen LogP contribution is -2.23. The Morgan fingerprint density at radius 1 is 1.19 bits per heavy atom. The molecule has 2 nitrogen and oxygen atoms in total. The van der Waals surface area contributed by atoms with Gasteiger partial charge in [0.1, 0.15) is 0 Å². The highest BCUT2D eigenvalue weighted by atomic mass is 79.9. The maximum absolute atomic E-state index is 11.6. The first-order valence-corrected chi connectivity index (χ1v) is 6.23. The number of amides is 1. The lowest BCUT2D eigenvalue weighted by molar-refractivity contribution is -0.123. The van der Waals surface area contributed by atoms with E-state index in [9.17, 15) is 4.79 Å². The summed E-state index contributed by atoms with van der Waals surface area (Å²) in [7, 11) is 0. The molecule has 1 amide bonds. The first kappa shape index (κ1) is 11.1. The molecule has 2 rings (SSSR count). The summed E-state index contributed by atoms with van der Waals surface area (Å²) in [6.45, 7) is 0.630. The Morgan fingerprint density at radius 2 is 1.94 bits per heavy atom. The zero-order valence-electron chi connectivity index (χ0n) is 8.77. The largest absolute Gasteiger partial charge is 0.305 e. The molecule has 0 N–H and O–H groups in total. The molecule has 1 aliphatic rings. The summed E-state index contributed by atoms with van der Waals surface area (Å²) in [5, 5.41) is 0.755. The third kappa shape index (κ3) is 2.42. The number of hydrogen-bond donors (Lipinski definition) is 0. The molecule has 0 atom stereocenters. The molecule has 0 aliphatic carbocycles. The number of benzene rings is 1. The van der Waals surface area contributed by atoms with Gasteiger partial charge in [0.05, 0.1) is 6.54 Å². The highest BCUT2D eigenvalue weighted by Crippen LogP contribution is 2.18. The molecular weight excluding hydrogens is 266 g/mol. The Bertz CT molecular complexity index is 437. The molecule has 0 unspecified atom stereocenters. The molecular formula is C13H12BrNO. The van der Waals surface area contributed by atoms with Gasteiger partial charge in [-0.15, -0.1) is 0 Å². The van der Waals surface area contributed by atoms with Crippen LogP contribution in [0.5, 0.6) is 0 Å². The van der Waals surface area contributed by atoms with Crippen molar-refractivity contribution in [3.05, 3.63) is 59.8 Å². The molecule has 16 heavy (non-hydrogen) atoms. The zero-order chi connectivity index (χ0) is 11.4. The summed E-state index contributed by atoms with van der Waals surface area (Å²) >= 11 is 3.34. The van der Waals surface area contributed by atoms with Crippen LogP contribution in [0.4, 0.5) is 0 Å². The van der Waals surface area contributed by atoms with E-state index in [4.69, 9.17) is 0 Å². The maximum atomic E-state index is 11.6. The first-order chi connectivity index (χ1) is 7.81. The fourth-order valence-corrected chi connectivity index (χ4v) is 1.99. The van der Waals surface area contributed by atoms with E-state index in [2.05, 4.69) is 15.9 Å². The molecule has 0 fully saturated rings. The van der Waals surface area contributed by atoms with E-state index >= 15 is 0 Å². The molecule has 3 heteroatoms. The van der Waals surface area contributed by atoms with E-state index in [1.807, 2.05) is 42.5 Å². The normalized spacial score (nSPS) is 17.4. The van der Waals surface area contributed by atoms with Crippen molar-refractivity contribution in [2.45, 2.75) is 6.54 Å². The fourth-order valence-electron chi connectivity index (χ4n) is 1.66. The topological polar surface area (TPSA) is 20.3 Å². The van der Waals surface area contributed by atoms with E-state index in [0.29, 0.717) is 6.54 Å². The molecule has 1 heterocycles. The van der Waals surface area contributed by atoms with E-state index in [-0.39, 0.29) is 5.91 Å². The molecule has 82 valence electrons. The van der Waals surface area contributed by atoms with Crippen LogP contribution in [-0.4, -0.2) is 16.1 Å². The highest BCUT2D eigenvalue weighted by molar-refractivity contribution is 9.09. The summed E-state index contributed by atoms with van der Waals surface area (Å²) < 4.78 is 0. The van der Waals surface area contributed by atoms with Gasteiger partial charge in [-0.3, -0.25) is 4.79 Å². The van der Waals surface area contributed by atoms with Gasteiger partial charge >= 0.3 is 0 Å². The fraction of sp³-hybridized carbons (Fsp3) is 0.154. The van der Waals surface area contributed by atoms with Crippen molar-refractivity contribution in [1.29, 1.82) is 0 Å². The molecule has 1 aromatic rings. The summed E-state index contributed by atoms with van der Waals surface area (Å²) in [4.78, 5) is 13.4. The van der Waals surface area contributed by atoms with Gasteiger partial charge in [0.15, 0.2) is 0 Å². The average molecular weight is 278 g/mol. The van der Waals surface area contributed by atoms with Crippen LogP contribution >= 0.6 is 15.9 Å². The van der Waals surface area contributed by atoms with Gasteiger partial charge in [-0.1, -0.05) is 52.3 Å². The van der Waals surface area contributed by atoms with Gasteiger partial charge in [0, 0.05) is 17.1 Å². The third-order valence-electron chi connectivity index (χ3n) is 2.44. The van der Waals surface area contributed by atoms with Crippen molar-refractivity contribution in [3.8, 4) is 0 Å². The lowest BCUT2D eigenvalue weighted by atomic mass is 10.2. The van der Waals surface area contributed by atoms with E-state index in [1.165, 1.54) is 0 Å². The number of carbonyl (C=O) groups excluding carboxylic acids is 1. The number of allylic oxidation sites excluding steroid dienone is 2. The summed E-state index contributed by atoms with van der Waals surface area (Å²) in [6, 6.07) is 9.99. The second kappa shape index (κ2) is 5.12. The molecule has 1 aliphatic heterocycles. The molecule has 0 radical (unpaired) electrons. The number of alkyl halides is 1. The van der Waals surface area contributed by atoms with Gasteiger partial charge in [-0.25, -0.2) is 0 Å². The van der Waals surface area contributed by atoms with Gasteiger partial charge in [0.2, 0.25) is 0 Å². The predicted molar refractivity (Wildman–Crippen MR) is 68.0 cm³/mol. The number of hydrogen-bond acceptors (Lipinski definition) is 1. The SMILES string of the molecule is O=C1C=C/C(=C\CBr)N1Cc1ccccc1. The van der Waals surface area contributed by atoms with Crippen LogP contribution in [0.15, 0.2) is 54.3 Å². The van der Waals surface area contributed by atoms with Crippen molar-refractivity contribution in [2.75, 3.05) is 5.33 Å². The van der Waals surface area contributed by atoms with Gasteiger partial charge in [-0.05, 0) is 11.6 Å². The van der Waals surface area contributed by atoms with Crippen molar-refractivity contribution in [3.63, 3.8) is 0 Å². The van der Waals surface area contributed by atoms with E-state index < -0.39 is 0 Å². The van der Waals surface area contributed by atoms with Crippen molar-refractivity contribution in [1.82, 2.24) is 4.90 Å². The smallest absolute Gasteiger partial charge is 0.251 e. The quantitative estimate of drug-likeness (QED) is 0.778. The second-order valence-electron chi connectivity index (χ2n) is 3.53. The molecule has 0 aromatic heterocycles. The molecule has 0 saturated heterocycles. The Hall–Kier alpha value is -1.35. The van der Waals surface area contributed by atoms with Crippen LogP contribution in [0.25, 0.3) is 0 Å². The standard InChI is InChI=1S/C13H12BrNO/c14-9-8-12-6-7-13(16)15(12)10-11-4-2-1-3-5-11/h1-8H,9-10H2/b12-8+. The Labute approximate surface area is 103 Å². The van der Waals surface area contributed by atoms with Crippen LogP contribution in [0.2, 0.25) is 0 Å². The Balaban J connectivity index is 2.15. The van der Waals surface area contributed by atoms with Crippen molar-refractivity contribution < 1.29 is 4.79 Å². The van der Waals surface area contributed by atoms with Crippen LogP contribution < -0.4 is 0 Å². The monoisotopic (exact) mass is 277 g/mol. The van der Waals surface area contributed by atoms with E-state index in [0.717, 1.165) is 16.6 Å². The highest BCUT2D eigenvalue weighted by Gasteiger charge is 2.19. The maximum Gasteiger partial charge on any atom is 0.251 e.